The Balaban J connectivity index is 1.49. The van der Waals surface area contributed by atoms with Crippen molar-refractivity contribution in [1.29, 1.82) is 0 Å². The molecule has 2 N–H and O–H groups in total. The number of hydrogen-bond acceptors (Lipinski definition) is 7. The predicted molar refractivity (Wildman–Crippen MR) is 116 cm³/mol. The second kappa shape index (κ2) is 7.09. The highest BCUT2D eigenvalue weighted by atomic mass is 16.5. The Bertz CT molecular complexity index is 1140. The lowest BCUT2D eigenvalue weighted by Gasteiger charge is -2.39. The zero-order chi connectivity index (χ0) is 20.9. The number of hydrogen-bond donors (Lipinski definition) is 2. The van der Waals surface area contributed by atoms with Gasteiger partial charge in [-0.15, -0.1) is 0 Å². The van der Waals surface area contributed by atoms with Gasteiger partial charge in [-0.1, -0.05) is 0 Å². The molecule has 0 aliphatic carbocycles. The summed E-state index contributed by atoms with van der Waals surface area (Å²) in [7, 11) is 3.60. The highest BCUT2D eigenvalue weighted by Crippen LogP contribution is 2.42. The quantitative estimate of drug-likeness (QED) is 0.684. The summed E-state index contributed by atoms with van der Waals surface area (Å²) < 4.78 is 7.48. The monoisotopic (exact) mass is 409 g/mol. The fourth-order valence-electron chi connectivity index (χ4n) is 4.83. The van der Waals surface area contributed by atoms with Crippen LogP contribution in [-0.2, 0) is 11.8 Å². The number of nitrogens with one attached hydrogen (secondary N) is 2. The van der Waals surface area contributed by atoms with Crippen molar-refractivity contribution >= 4 is 22.8 Å². The van der Waals surface area contributed by atoms with Gasteiger partial charge in [-0.05, 0) is 43.7 Å². The maximum atomic E-state index is 13.3. The molecule has 1 spiro atoms. The van der Waals surface area contributed by atoms with E-state index in [1.54, 1.807) is 17.8 Å². The van der Waals surface area contributed by atoms with Crippen LogP contribution in [0.1, 0.15) is 26.2 Å². The number of H-pyrrole nitrogens is 1. The van der Waals surface area contributed by atoms with Crippen LogP contribution in [0.3, 0.4) is 0 Å². The van der Waals surface area contributed by atoms with Crippen molar-refractivity contribution in [1.82, 2.24) is 24.7 Å². The van der Waals surface area contributed by atoms with E-state index in [-0.39, 0.29) is 11.0 Å². The maximum Gasteiger partial charge on any atom is 0.266 e. The van der Waals surface area contributed by atoms with Gasteiger partial charge in [-0.25, -0.2) is 4.98 Å². The molecule has 0 unspecified atom stereocenters. The molecule has 9 nitrogen and oxygen atoms in total. The number of aromatic nitrogens is 5. The van der Waals surface area contributed by atoms with Crippen LogP contribution in [0.5, 0.6) is 0 Å². The van der Waals surface area contributed by atoms with Crippen molar-refractivity contribution in [2.45, 2.75) is 32.3 Å². The first-order valence-electron chi connectivity index (χ1n) is 10.5. The summed E-state index contributed by atoms with van der Waals surface area (Å²) >= 11 is 0. The van der Waals surface area contributed by atoms with Gasteiger partial charge < -0.3 is 15.0 Å². The first-order chi connectivity index (χ1) is 14.5. The average molecular weight is 409 g/mol. The molecule has 5 rings (SSSR count). The van der Waals surface area contributed by atoms with Crippen LogP contribution in [0.25, 0.3) is 22.3 Å². The van der Waals surface area contributed by atoms with E-state index in [0.717, 1.165) is 50.3 Å². The van der Waals surface area contributed by atoms with E-state index in [4.69, 9.17) is 9.72 Å². The molecular weight excluding hydrogens is 382 g/mol. The van der Waals surface area contributed by atoms with Gasteiger partial charge in [0.2, 0.25) is 5.95 Å². The van der Waals surface area contributed by atoms with Gasteiger partial charge in [0.25, 0.3) is 5.56 Å². The van der Waals surface area contributed by atoms with Crippen LogP contribution in [0.2, 0.25) is 0 Å². The third kappa shape index (κ3) is 3.04. The van der Waals surface area contributed by atoms with Crippen LogP contribution in [-0.4, -0.2) is 57.6 Å². The molecule has 30 heavy (non-hydrogen) atoms. The summed E-state index contributed by atoms with van der Waals surface area (Å²) in [5, 5.41) is 10.9. The molecule has 0 radical (unpaired) electrons. The molecule has 158 valence electrons. The van der Waals surface area contributed by atoms with E-state index in [1.807, 2.05) is 19.2 Å². The van der Waals surface area contributed by atoms with Crippen molar-refractivity contribution in [2.75, 3.05) is 37.0 Å². The van der Waals surface area contributed by atoms with Gasteiger partial charge in [-0.2, -0.15) is 10.1 Å². The SMILES string of the molecule is CNc1cc(-c2n[nH]c3nc(N4CCC5(CC4)CO[C@@H](C)C5)n(C)c(=O)c23)ccn1. The lowest BCUT2D eigenvalue weighted by Crippen LogP contribution is -2.43. The first-order valence-corrected chi connectivity index (χ1v) is 10.5. The minimum Gasteiger partial charge on any atom is -0.378 e. The number of ether oxygens (including phenoxy) is 1. The van der Waals surface area contributed by atoms with Crippen LogP contribution in [0.4, 0.5) is 11.8 Å². The Morgan fingerprint density at radius 2 is 2.13 bits per heavy atom. The summed E-state index contributed by atoms with van der Waals surface area (Å²) in [5.74, 6) is 1.41. The Labute approximate surface area is 174 Å². The largest absolute Gasteiger partial charge is 0.378 e. The van der Waals surface area contributed by atoms with Crippen LogP contribution in [0.15, 0.2) is 23.1 Å². The molecule has 2 fully saturated rings. The smallest absolute Gasteiger partial charge is 0.266 e. The van der Waals surface area contributed by atoms with Gasteiger partial charge in [-0.3, -0.25) is 14.5 Å². The molecule has 5 heterocycles. The lowest BCUT2D eigenvalue weighted by atomic mass is 9.77. The summed E-state index contributed by atoms with van der Waals surface area (Å²) in [5.41, 5.74) is 2.12. The maximum absolute atomic E-state index is 13.3. The number of fused-ring (bicyclic) bond motifs is 1. The minimum absolute atomic E-state index is 0.0975. The molecule has 3 aromatic rings. The van der Waals surface area contributed by atoms with Crippen molar-refractivity contribution in [3.8, 4) is 11.3 Å². The van der Waals surface area contributed by atoms with E-state index in [9.17, 15) is 4.79 Å². The molecule has 2 saturated heterocycles. The van der Waals surface area contributed by atoms with Gasteiger partial charge in [0.05, 0.1) is 12.7 Å². The molecule has 0 saturated carbocycles. The molecule has 0 bridgehead atoms. The Hall–Kier alpha value is -2.94. The van der Waals surface area contributed by atoms with Crippen LogP contribution in [0, 0.1) is 5.41 Å². The normalized spacial score (nSPS) is 20.9. The third-order valence-corrected chi connectivity index (χ3v) is 6.57. The first kappa shape index (κ1) is 19.0. The minimum atomic E-state index is -0.0975. The summed E-state index contributed by atoms with van der Waals surface area (Å²) in [4.78, 5) is 24.5. The highest BCUT2D eigenvalue weighted by Gasteiger charge is 2.41. The Morgan fingerprint density at radius 3 is 2.83 bits per heavy atom. The molecule has 2 aliphatic heterocycles. The van der Waals surface area contributed by atoms with E-state index in [2.05, 4.69) is 32.3 Å². The van der Waals surface area contributed by atoms with Crippen molar-refractivity contribution < 1.29 is 4.74 Å². The van der Waals surface area contributed by atoms with E-state index in [0.29, 0.717) is 28.8 Å². The van der Waals surface area contributed by atoms with Crippen LogP contribution >= 0.6 is 0 Å². The fraction of sp³-hybridized carbons (Fsp3) is 0.524. The van der Waals surface area contributed by atoms with E-state index in [1.165, 1.54) is 0 Å². The summed E-state index contributed by atoms with van der Waals surface area (Å²) in [6.45, 7) is 4.74. The van der Waals surface area contributed by atoms with Gasteiger partial charge in [0.15, 0.2) is 5.65 Å². The molecule has 3 aromatic heterocycles. The van der Waals surface area contributed by atoms with Crippen molar-refractivity contribution in [3.63, 3.8) is 0 Å². The fourth-order valence-corrected chi connectivity index (χ4v) is 4.83. The number of nitrogens with zero attached hydrogens (tertiary/aromatic N) is 5. The van der Waals surface area contributed by atoms with Crippen LogP contribution < -0.4 is 15.8 Å². The molecule has 1 atom stereocenters. The summed E-state index contributed by atoms with van der Waals surface area (Å²) in [6, 6.07) is 3.72. The molecule has 0 amide bonds. The lowest BCUT2D eigenvalue weighted by molar-refractivity contribution is 0.0974. The van der Waals surface area contributed by atoms with Crippen molar-refractivity contribution in [3.05, 3.63) is 28.7 Å². The van der Waals surface area contributed by atoms with Gasteiger partial charge in [0.1, 0.15) is 16.9 Å². The van der Waals surface area contributed by atoms with Crippen molar-refractivity contribution in [2.24, 2.45) is 12.5 Å². The Morgan fingerprint density at radius 1 is 1.33 bits per heavy atom. The third-order valence-electron chi connectivity index (χ3n) is 6.57. The zero-order valence-electron chi connectivity index (χ0n) is 17.6. The highest BCUT2D eigenvalue weighted by molar-refractivity contribution is 5.91. The molecule has 2 aliphatic rings. The topological polar surface area (TPSA) is 101 Å². The average Bonchev–Trinajstić information content (AvgIpc) is 3.35. The zero-order valence-corrected chi connectivity index (χ0v) is 17.6. The number of piperidine rings is 1. The molecule has 0 aromatic carbocycles. The van der Waals surface area contributed by atoms with Gasteiger partial charge >= 0.3 is 0 Å². The van der Waals surface area contributed by atoms with E-state index >= 15 is 0 Å². The molecule has 9 heteroatoms. The second-order valence-electron chi connectivity index (χ2n) is 8.56. The number of aromatic amines is 1. The Kier molecular flexibility index (Phi) is 4.50. The number of rotatable bonds is 3. The summed E-state index contributed by atoms with van der Waals surface area (Å²) in [6.07, 6.45) is 5.28. The molecular formula is C21H27N7O2. The standard InChI is InChI=1S/C21H27N7O2/c1-13-11-21(12-30-13)5-8-28(9-6-21)20-24-18-16(19(29)27(20)3)17(25-26-18)14-4-7-23-15(10-14)22-2/h4,7,10,13H,5-6,8-9,11-12H2,1-3H3,(H,22,23)(H,25,26)/t13-/m0/s1. The predicted octanol–water partition coefficient (Wildman–Crippen LogP) is 2.16. The number of pyridine rings is 1. The number of anilines is 2. The van der Waals surface area contributed by atoms with Gasteiger partial charge in [0, 0.05) is 38.9 Å². The van der Waals surface area contributed by atoms with E-state index < -0.39 is 0 Å². The second-order valence-corrected chi connectivity index (χ2v) is 8.56.